The van der Waals surface area contributed by atoms with E-state index < -0.39 is 0 Å². The summed E-state index contributed by atoms with van der Waals surface area (Å²) >= 11 is 1.49. The molecular formula is C15H15FN2OS. The molecule has 0 spiro atoms. The summed E-state index contributed by atoms with van der Waals surface area (Å²) in [7, 11) is 0. The van der Waals surface area contributed by atoms with Crippen LogP contribution in [0.3, 0.4) is 0 Å². The molecule has 0 heterocycles. The second-order valence-corrected chi connectivity index (χ2v) is 5.11. The molecule has 20 heavy (non-hydrogen) atoms. The number of nitrogens with two attached hydrogens (primary N) is 1. The Morgan fingerprint density at radius 3 is 2.65 bits per heavy atom. The van der Waals surface area contributed by atoms with Gasteiger partial charge in [0.2, 0.25) is 0 Å². The number of benzene rings is 2. The summed E-state index contributed by atoms with van der Waals surface area (Å²) in [6.45, 7) is 1.67. The first-order valence-corrected chi connectivity index (χ1v) is 7.21. The maximum Gasteiger partial charge on any atom is 0.139 e. The fourth-order valence-electron chi connectivity index (χ4n) is 1.84. The van der Waals surface area contributed by atoms with Crippen LogP contribution in [0.5, 0.6) is 11.5 Å². The molecule has 0 saturated carbocycles. The number of ether oxygens (including phenoxy) is 1. The lowest BCUT2D eigenvalue weighted by atomic mass is 10.1. The number of nitrogens with one attached hydrogen (secondary N) is 1. The van der Waals surface area contributed by atoms with Crippen LogP contribution in [0.1, 0.15) is 11.1 Å². The van der Waals surface area contributed by atoms with Gasteiger partial charge in [-0.3, -0.25) is 5.41 Å². The Kier molecular flexibility index (Phi) is 4.29. The second kappa shape index (κ2) is 5.96. The summed E-state index contributed by atoms with van der Waals surface area (Å²) in [5, 5.41) is 7.69. The zero-order chi connectivity index (χ0) is 14.7. The molecule has 0 saturated heterocycles. The van der Waals surface area contributed by atoms with Crippen molar-refractivity contribution in [2.75, 3.05) is 6.26 Å². The lowest BCUT2D eigenvalue weighted by Crippen LogP contribution is -2.13. The second-order valence-electron chi connectivity index (χ2n) is 4.26. The summed E-state index contributed by atoms with van der Waals surface area (Å²) in [4.78, 5) is 0.869. The summed E-state index contributed by atoms with van der Waals surface area (Å²) in [6, 6.07) is 9.99. The number of halogens is 1. The normalized spacial score (nSPS) is 10.3. The highest BCUT2D eigenvalue weighted by molar-refractivity contribution is 7.98. The van der Waals surface area contributed by atoms with E-state index in [9.17, 15) is 4.39 Å². The fourth-order valence-corrected chi connectivity index (χ4v) is 2.47. The van der Waals surface area contributed by atoms with Gasteiger partial charge >= 0.3 is 0 Å². The van der Waals surface area contributed by atoms with Crippen molar-refractivity contribution >= 4 is 17.6 Å². The van der Waals surface area contributed by atoms with Crippen LogP contribution in [-0.4, -0.2) is 12.1 Å². The van der Waals surface area contributed by atoms with Gasteiger partial charge in [0.05, 0.1) is 5.56 Å². The Hall–Kier alpha value is -2.01. The minimum absolute atomic E-state index is 0.0521. The molecule has 0 aliphatic rings. The first-order valence-electron chi connectivity index (χ1n) is 5.98. The minimum atomic E-state index is -0.276. The number of nitrogen functional groups attached to an aromatic ring is 1. The third-order valence-electron chi connectivity index (χ3n) is 2.83. The number of aryl methyl sites for hydroxylation is 1. The van der Waals surface area contributed by atoms with E-state index in [1.807, 2.05) is 18.4 Å². The Morgan fingerprint density at radius 1 is 1.30 bits per heavy atom. The van der Waals surface area contributed by atoms with Gasteiger partial charge in [-0.15, -0.1) is 11.8 Å². The molecule has 104 valence electrons. The van der Waals surface area contributed by atoms with Crippen molar-refractivity contribution in [3.05, 3.63) is 53.3 Å². The maximum absolute atomic E-state index is 13.3. The average molecular weight is 290 g/mol. The topological polar surface area (TPSA) is 59.1 Å². The maximum atomic E-state index is 13.3. The number of hydrogen-bond acceptors (Lipinski definition) is 3. The van der Waals surface area contributed by atoms with Crippen molar-refractivity contribution in [2.24, 2.45) is 5.73 Å². The molecule has 5 heteroatoms. The average Bonchev–Trinajstić information content (AvgIpc) is 2.42. The van der Waals surface area contributed by atoms with E-state index in [2.05, 4.69) is 0 Å². The van der Waals surface area contributed by atoms with Crippen molar-refractivity contribution < 1.29 is 9.13 Å². The Morgan fingerprint density at radius 2 is 2.05 bits per heavy atom. The van der Waals surface area contributed by atoms with Gasteiger partial charge in [-0.2, -0.15) is 0 Å². The van der Waals surface area contributed by atoms with Gasteiger partial charge < -0.3 is 10.5 Å². The van der Waals surface area contributed by atoms with Gasteiger partial charge in [0.15, 0.2) is 0 Å². The molecule has 0 bridgehead atoms. The predicted octanol–water partition coefficient (Wildman–Crippen LogP) is 3.93. The lowest BCUT2D eigenvalue weighted by Gasteiger charge is -2.13. The van der Waals surface area contributed by atoms with Crippen LogP contribution >= 0.6 is 11.8 Å². The Balaban J connectivity index is 2.42. The van der Waals surface area contributed by atoms with Crippen LogP contribution in [0.15, 0.2) is 41.3 Å². The molecule has 3 N–H and O–H groups in total. The molecule has 0 aromatic heterocycles. The number of hydrogen-bond donors (Lipinski definition) is 2. The van der Waals surface area contributed by atoms with E-state index in [4.69, 9.17) is 15.9 Å². The van der Waals surface area contributed by atoms with Crippen LogP contribution in [0.4, 0.5) is 4.39 Å². The standard InChI is InChI=1S/C15H15FN2OS/c1-9-8-10(6-7-11(9)16)19-12-4-3-5-13(20-2)14(12)15(17)18/h3-8H,1-2H3,(H3,17,18). The first-order chi connectivity index (χ1) is 9.52. The van der Waals surface area contributed by atoms with Crippen LogP contribution in [0, 0.1) is 18.2 Å². The van der Waals surface area contributed by atoms with Gasteiger partial charge in [-0.25, -0.2) is 4.39 Å². The lowest BCUT2D eigenvalue weighted by molar-refractivity contribution is 0.477. The van der Waals surface area contributed by atoms with Crippen molar-refractivity contribution in [3.8, 4) is 11.5 Å². The molecule has 0 aliphatic carbocycles. The fraction of sp³-hybridized carbons (Fsp3) is 0.133. The highest BCUT2D eigenvalue weighted by atomic mass is 32.2. The largest absolute Gasteiger partial charge is 0.457 e. The summed E-state index contributed by atoms with van der Waals surface area (Å²) in [5.41, 5.74) is 6.69. The number of thioether (sulfide) groups is 1. The van der Waals surface area contributed by atoms with Crippen LogP contribution < -0.4 is 10.5 Å². The van der Waals surface area contributed by atoms with Crippen molar-refractivity contribution in [3.63, 3.8) is 0 Å². The van der Waals surface area contributed by atoms with E-state index in [1.54, 1.807) is 25.1 Å². The first kappa shape index (κ1) is 14.4. The summed E-state index contributed by atoms with van der Waals surface area (Å²) in [6.07, 6.45) is 1.91. The molecule has 2 aromatic rings. The van der Waals surface area contributed by atoms with E-state index in [0.29, 0.717) is 22.6 Å². The Bertz CT molecular complexity index is 658. The predicted molar refractivity (Wildman–Crippen MR) is 80.5 cm³/mol. The zero-order valence-corrected chi connectivity index (χ0v) is 12.1. The van der Waals surface area contributed by atoms with E-state index >= 15 is 0 Å². The molecule has 0 amide bonds. The van der Waals surface area contributed by atoms with Gasteiger partial charge in [0.1, 0.15) is 23.2 Å². The van der Waals surface area contributed by atoms with Gasteiger partial charge in [-0.1, -0.05) is 6.07 Å². The highest BCUT2D eigenvalue weighted by Crippen LogP contribution is 2.32. The molecule has 2 aromatic carbocycles. The zero-order valence-electron chi connectivity index (χ0n) is 11.2. The van der Waals surface area contributed by atoms with Crippen LogP contribution in [-0.2, 0) is 0 Å². The molecule has 0 atom stereocenters. The highest BCUT2D eigenvalue weighted by Gasteiger charge is 2.13. The van der Waals surface area contributed by atoms with Crippen molar-refractivity contribution in [1.82, 2.24) is 0 Å². The molecular weight excluding hydrogens is 275 g/mol. The third kappa shape index (κ3) is 2.93. The number of amidine groups is 1. The van der Waals surface area contributed by atoms with Crippen LogP contribution in [0.2, 0.25) is 0 Å². The summed E-state index contributed by atoms with van der Waals surface area (Å²) < 4.78 is 19.0. The quantitative estimate of drug-likeness (QED) is 0.509. The number of rotatable bonds is 4. The molecule has 0 aliphatic heterocycles. The van der Waals surface area contributed by atoms with Gasteiger partial charge in [0, 0.05) is 4.90 Å². The molecule has 0 fully saturated rings. The monoisotopic (exact) mass is 290 g/mol. The van der Waals surface area contributed by atoms with Crippen molar-refractivity contribution in [1.29, 1.82) is 5.41 Å². The molecule has 0 unspecified atom stereocenters. The van der Waals surface area contributed by atoms with Gasteiger partial charge in [0.25, 0.3) is 0 Å². The van der Waals surface area contributed by atoms with E-state index in [1.165, 1.54) is 17.8 Å². The van der Waals surface area contributed by atoms with Gasteiger partial charge in [-0.05, 0) is 49.1 Å². The van der Waals surface area contributed by atoms with E-state index in [-0.39, 0.29) is 11.7 Å². The summed E-state index contributed by atoms with van der Waals surface area (Å²) in [5.74, 6) is 0.686. The van der Waals surface area contributed by atoms with Crippen LogP contribution in [0.25, 0.3) is 0 Å². The SMILES string of the molecule is CSc1cccc(Oc2ccc(F)c(C)c2)c1C(=N)N. The molecule has 3 nitrogen and oxygen atoms in total. The minimum Gasteiger partial charge on any atom is -0.457 e. The molecule has 0 radical (unpaired) electrons. The van der Waals surface area contributed by atoms with E-state index in [0.717, 1.165) is 4.90 Å². The third-order valence-corrected chi connectivity index (χ3v) is 3.61. The smallest absolute Gasteiger partial charge is 0.139 e. The molecule has 2 rings (SSSR count). The van der Waals surface area contributed by atoms with Crippen molar-refractivity contribution in [2.45, 2.75) is 11.8 Å². The Labute approximate surface area is 121 Å².